The summed E-state index contributed by atoms with van der Waals surface area (Å²) in [5, 5.41) is 9.12. The van der Waals surface area contributed by atoms with Crippen molar-refractivity contribution in [3.05, 3.63) is 65.7 Å². The van der Waals surface area contributed by atoms with Crippen molar-refractivity contribution in [2.45, 2.75) is 44.8 Å². The maximum atomic E-state index is 13.0. The van der Waals surface area contributed by atoms with Gasteiger partial charge in [0.15, 0.2) is 0 Å². The van der Waals surface area contributed by atoms with Crippen molar-refractivity contribution in [2.75, 3.05) is 39.8 Å². The summed E-state index contributed by atoms with van der Waals surface area (Å²) in [5.41, 5.74) is 2.39. The van der Waals surface area contributed by atoms with Crippen LogP contribution in [-0.2, 0) is 27.2 Å². The average Bonchev–Trinajstić information content (AvgIpc) is 2.83. The number of aryl methyl sites for hydroxylation is 2. The predicted octanol–water partition coefficient (Wildman–Crippen LogP) is 3.26. The Balaban J connectivity index is 1.54. The van der Waals surface area contributed by atoms with Crippen LogP contribution in [0.25, 0.3) is 0 Å². The lowest BCUT2D eigenvalue weighted by Gasteiger charge is -2.37. The molecular weight excluding hydrogens is 432 g/mol. The van der Waals surface area contributed by atoms with Gasteiger partial charge in [0, 0.05) is 32.6 Å². The van der Waals surface area contributed by atoms with Gasteiger partial charge in [0.05, 0.1) is 0 Å². The van der Waals surface area contributed by atoms with Gasteiger partial charge in [0.2, 0.25) is 0 Å². The zero-order valence-electron chi connectivity index (χ0n) is 20.2. The molecule has 7 heteroatoms. The van der Waals surface area contributed by atoms with Gasteiger partial charge in [-0.3, -0.25) is 14.5 Å². The van der Waals surface area contributed by atoms with E-state index in [2.05, 4.69) is 23.1 Å². The summed E-state index contributed by atoms with van der Waals surface area (Å²) >= 11 is 0. The molecule has 34 heavy (non-hydrogen) atoms. The molecule has 2 aromatic rings. The lowest BCUT2D eigenvalue weighted by Crippen LogP contribution is -2.52. The molecule has 1 saturated heterocycles. The van der Waals surface area contributed by atoms with Crippen molar-refractivity contribution in [3.63, 3.8) is 0 Å². The topological polar surface area (TPSA) is 79.3 Å². The summed E-state index contributed by atoms with van der Waals surface area (Å²) in [6.07, 6.45) is 1.51. The standard InChI is InChI=1S/C27H36N2O5/c1-21(34-27(32)24(14-15-26(30)31)29-18-16-28(2)17-19-29)20-33-25-11-7-6-10-23(25)13-12-22-8-4-3-5-9-22/h3-11,21,24H,12-20H2,1-2H3,(H,30,31). The van der Waals surface area contributed by atoms with Gasteiger partial charge in [-0.25, -0.2) is 0 Å². The van der Waals surface area contributed by atoms with E-state index in [1.54, 1.807) is 0 Å². The van der Waals surface area contributed by atoms with E-state index in [4.69, 9.17) is 14.6 Å². The number of carbonyl (C=O) groups is 2. The minimum atomic E-state index is -0.907. The van der Waals surface area contributed by atoms with E-state index < -0.39 is 18.1 Å². The molecule has 1 aliphatic rings. The first kappa shape index (κ1) is 25.7. The Bertz CT molecular complexity index is 912. The summed E-state index contributed by atoms with van der Waals surface area (Å²) in [7, 11) is 2.04. The number of hydrogen-bond donors (Lipinski definition) is 1. The zero-order valence-corrected chi connectivity index (χ0v) is 20.2. The number of hydrogen-bond acceptors (Lipinski definition) is 6. The summed E-state index contributed by atoms with van der Waals surface area (Å²) in [4.78, 5) is 28.3. The van der Waals surface area contributed by atoms with Gasteiger partial charge in [-0.2, -0.15) is 0 Å². The maximum Gasteiger partial charge on any atom is 0.323 e. The molecule has 0 bridgehead atoms. The molecule has 0 spiro atoms. The molecule has 0 amide bonds. The summed E-state index contributed by atoms with van der Waals surface area (Å²) < 4.78 is 11.7. The third-order valence-corrected chi connectivity index (χ3v) is 6.17. The molecule has 1 heterocycles. The monoisotopic (exact) mass is 468 g/mol. The number of benzene rings is 2. The molecule has 1 fully saturated rings. The number of likely N-dealkylation sites (N-methyl/N-ethyl adjacent to an activating group) is 1. The highest BCUT2D eigenvalue weighted by atomic mass is 16.6. The van der Waals surface area contributed by atoms with Gasteiger partial charge < -0.3 is 19.5 Å². The molecule has 0 radical (unpaired) electrons. The molecule has 1 aliphatic heterocycles. The number of ether oxygens (including phenoxy) is 2. The van der Waals surface area contributed by atoms with Crippen LogP contribution in [0.1, 0.15) is 30.9 Å². The van der Waals surface area contributed by atoms with E-state index >= 15 is 0 Å². The van der Waals surface area contributed by atoms with E-state index in [0.717, 1.165) is 50.3 Å². The number of nitrogens with zero attached hydrogens (tertiary/aromatic N) is 2. The van der Waals surface area contributed by atoms with Crippen molar-refractivity contribution in [3.8, 4) is 5.75 Å². The van der Waals surface area contributed by atoms with Gasteiger partial charge in [0.25, 0.3) is 0 Å². The Kier molecular flexibility index (Phi) is 9.91. The molecule has 0 saturated carbocycles. The van der Waals surface area contributed by atoms with Crippen molar-refractivity contribution in [2.24, 2.45) is 0 Å². The van der Waals surface area contributed by atoms with E-state index in [9.17, 15) is 9.59 Å². The van der Waals surface area contributed by atoms with Crippen LogP contribution in [-0.4, -0.2) is 78.8 Å². The Hall–Kier alpha value is -2.90. The van der Waals surface area contributed by atoms with E-state index in [0.29, 0.717) is 0 Å². The molecule has 7 nitrogen and oxygen atoms in total. The highest BCUT2D eigenvalue weighted by Gasteiger charge is 2.31. The SMILES string of the molecule is CC(COc1ccccc1CCc1ccccc1)OC(=O)C(CCC(=O)O)N1CCN(C)CC1. The minimum absolute atomic E-state index is 0.0637. The van der Waals surface area contributed by atoms with E-state index in [1.807, 2.05) is 55.3 Å². The van der Waals surface area contributed by atoms with Crippen LogP contribution in [0.5, 0.6) is 5.75 Å². The second-order valence-electron chi connectivity index (χ2n) is 8.94. The Morgan fingerprint density at radius 1 is 0.971 bits per heavy atom. The maximum absolute atomic E-state index is 13.0. The van der Waals surface area contributed by atoms with Gasteiger partial charge in [-0.1, -0.05) is 48.5 Å². The summed E-state index contributed by atoms with van der Waals surface area (Å²) in [6.45, 7) is 5.17. The van der Waals surface area contributed by atoms with Crippen molar-refractivity contribution >= 4 is 11.9 Å². The molecular formula is C27H36N2O5. The molecule has 3 rings (SSSR count). The lowest BCUT2D eigenvalue weighted by molar-refractivity contribution is -0.157. The fraction of sp³-hybridized carbons (Fsp3) is 0.481. The number of esters is 1. The first-order valence-electron chi connectivity index (χ1n) is 12.0. The molecule has 2 aromatic carbocycles. The lowest BCUT2D eigenvalue weighted by atomic mass is 10.0. The number of carbonyl (C=O) groups excluding carboxylic acids is 1. The first-order valence-corrected chi connectivity index (χ1v) is 12.0. The number of aliphatic carboxylic acids is 1. The second kappa shape index (κ2) is 13.1. The third kappa shape index (κ3) is 8.15. The van der Waals surface area contributed by atoms with Gasteiger partial charge in [-0.15, -0.1) is 0 Å². The minimum Gasteiger partial charge on any atom is -0.489 e. The van der Waals surface area contributed by atoms with Crippen LogP contribution < -0.4 is 4.74 Å². The van der Waals surface area contributed by atoms with Gasteiger partial charge in [-0.05, 0) is 50.4 Å². The molecule has 0 aliphatic carbocycles. The Labute approximate surface area is 202 Å². The number of carboxylic acids is 1. The Morgan fingerprint density at radius 2 is 1.65 bits per heavy atom. The quantitative estimate of drug-likeness (QED) is 0.479. The van der Waals surface area contributed by atoms with E-state index in [-0.39, 0.29) is 25.4 Å². The van der Waals surface area contributed by atoms with Gasteiger partial charge in [0.1, 0.15) is 24.5 Å². The number of carboxylic acid groups (broad SMARTS) is 1. The summed E-state index contributed by atoms with van der Waals surface area (Å²) in [5.74, 6) is -0.488. The molecule has 2 unspecified atom stereocenters. The van der Waals surface area contributed by atoms with Crippen LogP contribution >= 0.6 is 0 Å². The normalized spacial score (nSPS) is 16.5. The van der Waals surface area contributed by atoms with Crippen molar-refractivity contribution < 1.29 is 24.2 Å². The zero-order chi connectivity index (χ0) is 24.3. The number of rotatable bonds is 12. The molecule has 1 N–H and O–H groups in total. The third-order valence-electron chi connectivity index (χ3n) is 6.17. The fourth-order valence-corrected chi connectivity index (χ4v) is 4.14. The largest absolute Gasteiger partial charge is 0.489 e. The highest BCUT2D eigenvalue weighted by Crippen LogP contribution is 2.21. The van der Waals surface area contributed by atoms with Crippen LogP contribution in [0.15, 0.2) is 54.6 Å². The highest BCUT2D eigenvalue weighted by molar-refractivity contribution is 5.77. The van der Waals surface area contributed by atoms with Crippen molar-refractivity contribution in [1.82, 2.24) is 9.80 Å². The second-order valence-corrected chi connectivity index (χ2v) is 8.94. The van der Waals surface area contributed by atoms with Crippen molar-refractivity contribution in [1.29, 1.82) is 0 Å². The van der Waals surface area contributed by atoms with Crippen LogP contribution in [0.2, 0.25) is 0 Å². The van der Waals surface area contributed by atoms with Gasteiger partial charge >= 0.3 is 11.9 Å². The van der Waals surface area contributed by atoms with Crippen LogP contribution in [0.4, 0.5) is 0 Å². The van der Waals surface area contributed by atoms with E-state index in [1.165, 1.54) is 5.56 Å². The fourth-order valence-electron chi connectivity index (χ4n) is 4.14. The molecule has 2 atom stereocenters. The number of para-hydroxylation sites is 1. The smallest absolute Gasteiger partial charge is 0.323 e. The number of piperazine rings is 1. The molecule has 0 aromatic heterocycles. The summed E-state index contributed by atoms with van der Waals surface area (Å²) in [6, 6.07) is 17.7. The average molecular weight is 469 g/mol. The Morgan fingerprint density at radius 3 is 2.35 bits per heavy atom. The first-order chi connectivity index (χ1) is 16.4. The van der Waals surface area contributed by atoms with Crippen LogP contribution in [0, 0.1) is 0 Å². The van der Waals surface area contributed by atoms with Crippen LogP contribution in [0.3, 0.4) is 0 Å². The predicted molar refractivity (Wildman–Crippen MR) is 131 cm³/mol. The molecule has 184 valence electrons.